The van der Waals surface area contributed by atoms with Gasteiger partial charge in [-0.25, -0.2) is 0 Å². The maximum Gasteiger partial charge on any atom is 0.238 e. The Labute approximate surface area is 89.3 Å². The topological polar surface area (TPSA) is 29.1 Å². The fourth-order valence-corrected chi connectivity index (χ4v) is 1.22. The second-order valence-corrected chi connectivity index (χ2v) is 3.91. The van der Waals surface area contributed by atoms with Crippen molar-refractivity contribution in [2.75, 3.05) is 0 Å². The Kier molecular flexibility index (Phi) is 3.96. The first-order valence-corrected chi connectivity index (χ1v) is 5.04. The number of benzene rings is 1. The van der Waals surface area contributed by atoms with Crippen LogP contribution >= 0.6 is 11.6 Å². The van der Waals surface area contributed by atoms with Crippen molar-refractivity contribution < 1.29 is 4.79 Å². The summed E-state index contributed by atoms with van der Waals surface area (Å²) in [5.74, 6) is -0.136. The van der Waals surface area contributed by atoms with Gasteiger partial charge in [0.05, 0.1) is 6.04 Å². The molecule has 2 nitrogen and oxygen atoms in total. The lowest BCUT2D eigenvalue weighted by molar-refractivity contribution is -0.121. The van der Waals surface area contributed by atoms with E-state index < -0.39 is 5.38 Å². The SMILES string of the molecule is C[C@@H](Cl)C(=O)N[C@H](C)c1ccccc1. The van der Waals surface area contributed by atoms with Crippen molar-refractivity contribution in [3.05, 3.63) is 35.9 Å². The highest BCUT2D eigenvalue weighted by molar-refractivity contribution is 6.30. The van der Waals surface area contributed by atoms with Crippen molar-refractivity contribution in [3.63, 3.8) is 0 Å². The summed E-state index contributed by atoms with van der Waals surface area (Å²) in [6, 6.07) is 9.80. The van der Waals surface area contributed by atoms with Crippen molar-refractivity contribution in [1.82, 2.24) is 5.32 Å². The molecule has 0 saturated carbocycles. The molecular formula is C11H14ClNO. The Balaban J connectivity index is 2.59. The van der Waals surface area contributed by atoms with E-state index >= 15 is 0 Å². The second-order valence-electron chi connectivity index (χ2n) is 3.26. The van der Waals surface area contributed by atoms with Gasteiger partial charge in [0.25, 0.3) is 0 Å². The molecule has 0 radical (unpaired) electrons. The molecule has 0 aliphatic rings. The van der Waals surface area contributed by atoms with E-state index in [0.717, 1.165) is 5.56 Å². The minimum absolute atomic E-state index is 0.00454. The number of halogens is 1. The van der Waals surface area contributed by atoms with Crippen molar-refractivity contribution >= 4 is 17.5 Å². The number of hydrogen-bond acceptors (Lipinski definition) is 1. The lowest BCUT2D eigenvalue weighted by atomic mass is 10.1. The molecule has 76 valence electrons. The summed E-state index contributed by atoms with van der Waals surface area (Å²) in [5.41, 5.74) is 1.08. The number of rotatable bonds is 3. The Bertz CT molecular complexity index is 297. The summed E-state index contributed by atoms with van der Waals surface area (Å²) in [4.78, 5) is 11.3. The van der Waals surface area contributed by atoms with E-state index in [2.05, 4.69) is 5.32 Å². The summed E-state index contributed by atoms with van der Waals surface area (Å²) in [6.07, 6.45) is 0. The molecule has 2 atom stereocenters. The van der Waals surface area contributed by atoms with Crippen molar-refractivity contribution in [2.45, 2.75) is 25.3 Å². The Morgan fingerprint density at radius 1 is 1.29 bits per heavy atom. The third-order valence-corrected chi connectivity index (χ3v) is 2.22. The molecular weight excluding hydrogens is 198 g/mol. The van der Waals surface area contributed by atoms with E-state index in [0.29, 0.717) is 0 Å². The van der Waals surface area contributed by atoms with Gasteiger partial charge in [-0.05, 0) is 19.4 Å². The van der Waals surface area contributed by atoms with E-state index in [4.69, 9.17) is 11.6 Å². The Hall–Kier alpha value is -1.02. The van der Waals surface area contributed by atoms with Crippen LogP contribution < -0.4 is 5.32 Å². The third-order valence-electron chi connectivity index (χ3n) is 2.02. The Morgan fingerprint density at radius 2 is 1.86 bits per heavy atom. The van der Waals surface area contributed by atoms with Crippen molar-refractivity contribution in [1.29, 1.82) is 0 Å². The lowest BCUT2D eigenvalue weighted by Crippen LogP contribution is -2.31. The van der Waals surface area contributed by atoms with Gasteiger partial charge in [0.15, 0.2) is 0 Å². The van der Waals surface area contributed by atoms with Gasteiger partial charge >= 0.3 is 0 Å². The summed E-state index contributed by atoms with van der Waals surface area (Å²) < 4.78 is 0. The van der Waals surface area contributed by atoms with Crippen LogP contribution in [0.3, 0.4) is 0 Å². The summed E-state index contributed by atoms with van der Waals surface area (Å²) in [6.45, 7) is 3.60. The quantitative estimate of drug-likeness (QED) is 0.765. The van der Waals surface area contributed by atoms with E-state index in [1.54, 1.807) is 6.92 Å². The normalized spacial score (nSPS) is 14.5. The first-order chi connectivity index (χ1) is 6.61. The second kappa shape index (κ2) is 5.01. The van der Waals surface area contributed by atoms with Crippen molar-refractivity contribution in [3.8, 4) is 0 Å². The predicted molar refractivity (Wildman–Crippen MR) is 58.3 cm³/mol. The highest BCUT2D eigenvalue weighted by atomic mass is 35.5. The van der Waals surface area contributed by atoms with Crippen LogP contribution in [0.25, 0.3) is 0 Å². The van der Waals surface area contributed by atoms with Gasteiger partial charge in [0.1, 0.15) is 5.38 Å². The smallest absolute Gasteiger partial charge is 0.238 e. The molecule has 0 aliphatic carbocycles. The average molecular weight is 212 g/mol. The monoisotopic (exact) mass is 211 g/mol. The maximum atomic E-state index is 11.3. The summed E-state index contributed by atoms with van der Waals surface area (Å²) >= 11 is 5.65. The van der Waals surface area contributed by atoms with Gasteiger partial charge in [0, 0.05) is 0 Å². The van der Waals surface area contributed by atoms with Gasteiger partial charge in [-0.3, -0.25) is 4.79 Å². The zero-order valence-corrected chi connectivity index (χ0v) is 9.08. The fraction of sp³-hybridized carbons (Fsp3) is 0.364. The maximum absolute atomic E-state index is 11.3. The van der Waals surface area contributed by atoms with E-state index in [1.165, 1.54) is 0 Å². The van der Waals surface area contributed by atoms with Crippen LogP contribution in [0.2, 0.25) is 0 Å². The van der Waals surface area contributed by atoms with Gasteiger partial charge in [0.2, 0.25) is 5.91 Å². The molecule has 1 aromatic carbocycles. The molecule has 3 heteroatoms. The summed E-state index contributed by atoms with van der Waals surface area (Å²) in [7, 11) is 0. The molecule has 1 N–H and O–H groups in total. The summed E-state index contributed by atoms with van der Waals surface area (Å²) in [5, 5.41) is 2.34. The largest absolute Gasteiger partial charge is 0.348 e. The highest BCUT2D eigenvalue weighted by Crippen LogP contribution is 2.11. The standard InChI is InChI=1S/C11H14ClNO/c1-8(12)11(14)13-9(2)10-6-4-3-5-7-10/h3-9H,1-2H3,(H,13,14)/t8-,9-/m1/s1. The first kappa shape index (κ1) is 11.1. The minimum atomic E-state index is -0.485. The molecule has 0 saturated heterocycles. The number of carbonyl (C=O) groups is 1. The lowest BCUT2D eigenvalue weighted by Gasteiger charge is -2.14. The van der Waals surface area contributed by atoms with Crippen LogP contribution in [0.15, 0.2) is 30.3 Å². The van der Waals surface area contributed by atoms with Crippen LogP contribution in [-0.2, 0) is 4.79 Å². The first-order valence-electron chi connectivity index (χ1n) is 4.60. The molecule has 1 aromatic rings. The molecule has 0 bridgehead atoms. The van der Waals surface area contributed by atoms with E-state index in [1.807, 2.05) is 37.3 Å². The number of hydrogen-bond donors (Lipinski definition) is 1. The Morgan fingerprint density at radius 3 is 2.36 bits per heavy atom. The molecule has 14 heavy (non-hydrogen) atoms. The van der Waals surface area contributed by atoms with Gasteiger partial charge in [-0.15, -0.1) is 11.6 Å². The number of carbonyl (C=O) groups excluding carboxylic acids is 1. The molecule has 0 aliphatic heterocycles. The zero-order chi connectivity index (χ0) is 10.6. The number of amides is 1. The van der Waals surface area contributed by atoms with E-state index in [9.17, 15) is 4.79 Å². The average Bonchev–Trinajstić information content (AvgIpc) is 2.19. The van der Waals surface area contributed by atoms with Crippen LogP contribution in [0.4, 0.5) is 0 Å². The van der Waals surface area contributed by atoms with E-state index in [-0.39, 0.29) is 11.9 Å². The zero-order valence-electron chi connectivity index (χ0n) is 8.33. The van der Waals surface area contributed by atoms with Crippen LogP contribution in [0, 0.1) is 0 Å². The molecule has 0 spiro atoms. The minimum Gasteiger partial charge on any atom is -0.348 e. The van der Waals surface area contributed by atoms with Gasteiger partial charge < -0.3 is 5.32 Å². The molecule has 0 heterocycles. The molecule has 0 unspecified atom stereocenters. The van der Waals surface area contributed by atoms with Crippen LogP contribution in [-0.4, -0.2) is 11.3 Å². The van der Waals surface area contributed by atoms with Crippen LogP contribution in [0.5, 0.6) is 0 Å². The molecule has 1 amide bonds. The third kappa shape index (κ3) is 3.04. The highest BCUT2D eigenvalue weighted by Gasteiger charge is 2.12. The fourth-order valence-electron chi connectivity index (χ4n) is 1.15. The van der Waals surface area contributed by atoms with Crippen LogP contribution in [0.1, 0.15) is 25.5 Å². The molecule has 0 fully saturated rings. The molecule has 0 aromatic heterocycles. The van der Waals surface area contributed by atoms with Gasteiger partial charge in [-0.1, -0.05) is 30.3 Å². The number of nitrogens with one attached hydrogen (secondary N) is 1. The number of alkyl halides is 1. The van der Waals surface area contributed by atoms with Crippen molar-refractivity contribution in [2.24, 2.45) is 0 Å². The molecule has 1 rings (SSSR count). The predicted octanol–water partition coefficient (Wildman–Crippen LogP) is 2.49. The van der Waals surface area contributed by atoms with Gasteiger partial charge in [-0.2, -0.15) is 0 Å².